The van der Waals surface area contributed by atoms with Crippen LogP contribution < -0.4 is 0 Å². The lowest BCUT2D eigenvalue weighted by Gasteiger charge is -2.69. The van der Waals surface area contributed by atoms with Crippen molar-refractivity contribution in [2.45, 2.75) is 98.9 Å². The van der Waals surface area contributed by atoms with Gasteiger partial charge >= 0.3 is 17.9 Å². The summed E-state index contributed by atoms with van der Waals surface area (Å²) < 4.78 is 23.3. The molecule has 0 N–H and O–H groups in total. The number of ether oxygens (including phenoxy) is 3. The molecule has 0 amide bonds. The van der Waals surface area contributed by atoms with Gasteiger partial charge in [-0.25, -0.2) is 4.79 Å². The Bertz CT molecular complexity index is 1130. The predicted octanol–water partition coefficient (Wildman–Crippen LogP) is 5.94. The number of hydrogen-bond donors (Lipinski definition) is 0. The van der Waals surface area contributed by atoms with Crippen LogP contribution in [0, 0.1) is 33.5 Å². The Balaban J connectivity index is 1.63. The lowest BCUT2D eigenvalue weighted by atomic mass is 9.36. The van der Waals surface area contributed by atoms with Crippen LogP contribution >= 0.6 is 0 Å². The first-order valence-electron chi connectivity index (χ1n) is 13.5. The quantitative estimate of drug-likeness (QED) is 0.366. The van der Waals surface area contributed by atoms with E-state index >= 15 is 0 Å². The first-order chi connectivity index (χ1) is 17.2. The molecule has 3 aliphatic carbocycles. The van der Waals surface area contributed by atoms with Crippen molar-refractivity contribution in [3.05, 3.63) is 35.8 Å². The van der Waals surface area contributed by atoms with Gasteiger partial charge in [0.15, 0.2) is 0 Å². The minimum absolute atomic E-state index is 0.0831. The topological polar surface area (TPSA) is 92.0 Å². The van der Waals surface area contributed by atoms with E-state index < -0.39 is 23.0 Å². The highest BCUT2D eigenvalue weighted by Gasteiger charge is 2.70. The van der Waals surface area contributed by atoms with Crippen LogP contribution in [-0.4, -0.2) is 30.1 Å². The zero-order valence-electron chi connectivity index (χ0n) is 23.1. The van der Waals surface area contributed by atoms with Gasteiger partial charge in [0.25, 0.3) is 0 Å². The standard InChI is InChI=1S/C30H40O7/c1-17(31)35-23-9-12-28(5)20-8-11-29(6)22(15-25(33)37-26(29)19-10-13-34-16-19)30(20,7)24(36-18(2)32)14-21(28)27(23,3)4/h10,13,15-16,20-21,23-24,26H,8-9,11-12,14H2,1-7H3/t20?,21?,23-,24-,26?,28+,29+,30+/m0/s1. The van der Waals surface area contributed by atoms with E-state index in [1.807, 2.05) is 6.07 Å². The Kier molecular flexibility index (Phi) is 5.96. The molecule has 7 nitrogen and oxygen atoms in total. The van der Waals surface area contributed by atoms with E-state index in [4.69, 9.17) is 18.6 Å². The van der Waals surface area contributed by atoms with E-state index in [2.05, 4.69) is 34.6 Å². The summed E-state index contributed by atoms with van der Waals surface area (Å²) in [5.74, 6) is -0.602. The van der Waals surface area contributed by atoms with Crippen molar-refractivity contribution < 1.29 is 33.0 Å². The van der Waals surface area contributed by atoms with E-state index in [-0.39, 0.29) is 46.7 Å². The summed E-state index contributed by atoms with van der Waals surface area (Å²) in [5, 5.41) is 0. The van der Waals surface area contributed by atoms with Crippen LogP contribution in [-0.2, 0) is 28.6 Å². The van der Waals surface area contributed by atoms with Crippen molar-refractivity contribution in [2.75, 3.05) is 0 Å². The van der Waals surface area contributed by atoms with E-state index in [1.165, 1.54) is 13.8 Å². The van der Waals surface area contributed by atoms with Crippen molar-refractivity contribution in [3.63, 3.8) is 0 Å². The van der Waals surface area contributed by atoms with Gasteiger partial charge in [-0.2, -0.15) is 0 Å². The maximum absolute atomic E-state index is 13.0. The van der Waals surface area contributed by atoms with Crippen LogP contribution in [0.5, 0.6) is 0 Å². The summed E-state index contributed by atoms with van der Waals surface area (Å²) in [4.78, 5) is 37.4. The molecular weight excluding hydrogens is 472 g/mol. The fourth-order valence-corrected chi connectivity index (χ4v) is 9.24. The van der Waals surface area contributed by atoms with Crippen LogP contribution in [0.1, 0.15) is 92.2 Å². The molecule has 3 saturated carbocycles. The number of fused-ring (bicyclic) bond motifs is 5. The lowest BCUT2D eigenvalue weighted by molar-refractivity contribution is -0.230. The Morgan fingerprint density at radius 3 is 2.24 bits per heavy atom. The van der Waals surface area contributed by atoms with Crippen LogP contribution in [0.4, 0.5) is 0 Å². The zero-order chi connectivity index (χ0) is 27.0. The third-order valence-electron chi connectivity index (χ3n) is 10.8. The number of hydrogen-bond acceptors (Lipinski definition) is 7. The maximum atomic E-state index is 13.0. The smallest absolute Gasteiger partial charge is 0.331 e. The number of cyclic esters (lactones) is 1. The molecule has 5 rings (SSSR count). The zero-order valence-corrected chi connectivity index (χ0v) is 23.1. The maximum Gasteiger partial charge on any atom is 0.331 e. The second-order valence-corrected chi connectivity index (χ2v) is 13.1. The number of esters is 3. The highest BCUT2D eigenvalue weighted by Crippen LogP contribution is 2.73. The number of carbonyl (C=O) groups excluding carboxylic acids is 3. The van der Waals surface area contributed by atoms with Crippen molar-refractivity contribution in [3.8, 4) is 0 Å². The van der Waals surface area contributed by atoms with Gasteiger partial charge in [0.1, 0.15) is 18.3 Å². The summed E-state index contributed by atoms with van der Waals surface area (Å²) in [6.07, 6.45) is 7.98. The van der Waals surface area contributed by atoms with Crippen molar-refractivity contribution >= 4 is 17.9 Å². The SMILES string of the molecule is CC(=O)O[C@H]1CC[C@@]2(C)C(C[C@H](OC(C)=O)[C@@]3(C)C4=CC(=O)OC(c5ccoc5)[C@]4(C)CCC23)C1(C)C. The van der Waals surface area contributed by atoms with Crippen molar-refractivity contribution in [1.82, 2.24) is 0 Å². The third-order valence-corrected chi connectivity index (χ3v) is 10.8. The Labute approximate surface area is 219 Å². The minimum Gasteiger partial charge on any atom is -0.472 e. The number of rotatable bonds is 3. The Hall–Kier alpha value is -2.57. The summed E-state index contributed by atoms with van der Waals surface area (Å²) in [6, 6.07) is 1.86. The van der Waals surface area contributed by atoms with Gasteiger partial charge in [0, 0.05) is 41.7 Å². The molecule has 202 valence electrons. The largest absolute Gasteiger partial charge is 0.472 e. The Morgan fingerprint density at radius 1 is 0.946 bits per heavy atom. The first kappa shape index (κ1) is 26.1. The average molecular weight is 513 g/mol. The predicted molar refractivity (Wildman–Crippen MR) is 135 cm³/mol. The molecule has 1 aromatic heterocycles. The highest BCUT2D eigenvalue weighted by molar-refractivity contribution is 5.85. The molecule has 1 aliphatic heterocycles. The molecule has 0 aromatic carbocycles. The van der Waals surface area contributed by atoms with E-state index in [0.717, 1.165) is 36.8 Å². The second kappa shape index (κ2) is 8.47. The van der Waals surface area contributed by atoms with E-state index in [0.29, 0.717) is 6.42 Å². The van der Waals surface area contributed by atoms with Crippen molar-refractivity contribution in [1.29, 1.82) is 0 Å². The number of furan rings is 1. The molecule has 7 heteroatoms. The van der Waals surface area contributed by atoms with Crippen LogP contribution in [0.25, 0.3) is 0 Å². The minimum atomic E-state index is -0.546. The molecule has 0 radical (unpaired) electrons. The average Bonchev–Trinajstić information content (AvgIpc) is 3.32. The number of carbonyl (C=O) groups is 3. The Morgan fingerprint density at radius 2 is 1.62 bits per heavy atom. The summed E-state index contributed by atoms with van der Waals surface area (Å²) >= 11 is 0. The second-order valence-electron chi connectivity index (χ2n) is 13.1. The third kappa shape index (κ3) is 3.70. The monoisotopic (exact) mass is 512 g/mol. The normalized spacial score (nSPS) is 42.3. The molecule has 0 saturated heterocycles. The van der Waals surface area contributed by atoms with E-state index in [1.54, 1.807) is 18.6 Å². The first-order valence-corrected chi connectivity index (χ1v) is 13.5. The van der Waals surface area contributed by atoms with Gasteiger partial charge in [0.2, 0.25) is 0 Å². The summed E-state index contributed by atoms with van der Waals surface area (Å²) in [7, 11) is 0. The molecule has 3 fully saturated rings. The summed E-state index contributed by atoms with van der Waals surface area (Å²) in [6.45, 7) is 14.0. The molecule has 4 aliphatic rings. The molecule has 8 atom stereocenters. The van der Waals surface area contributed by atoms with Crippen LogP contribution in [0.2, 0.25) is 0 Å². The van der Waals surface area contributed by atoms with Crippen LogP contribution in [0.3, 0.4) is 0 Å². The van der Waals surface area contributed by atoms with Gasteiger partial charge in [-0.1, -0.05) is 34.6 Å². The van der Waals surface area contributed by atoms with Crippen molar-refractivity contribution in [2.24, 2.45) is 33.5 Å². The lowest BCUT2D eigenvalue weighted by Crippen LogP contribution is -2.67. The van der Waals surface area contributed by atoms with Gasteiger partial charge < -0.3 is 18.6 Å². The van der Waals surface area contributed by atoms with Crippen LogP contribution in [0.15, 0.2) is 34.7 Å². The molecule has 3 unspecified atom stereocenters. The van der Waals surface area contributed by atoms with Gasteiger partial charge in [-0.3, -0.25) is 9.59 Å². The highest BCUT2D eigenvalue weighted by atomic mass is 16.6. The fraction of sp³-hybridized carbons (Fsp3) is 0.700. The molecule has 2 heterocycles. The summed E-state index contributed by atoms with van der Waals surface area (Å²) in [5.41, 5.74) is 0.489. The molecule has 0 spiro atoms. The molecular formula is C30H40O7. The van der Waals surface area contributed by atoms with Gasteiger partial charge in [0.05, 0.1) is 12.5 Å². The molecule has 37 heavy (non-hydrogen) atoms. The van der Waals surface area contributed by atoms with Gasteiger partial charge in [-0.05, 0) is 61.0 Å². The van der Waals surface area contributed by atoms with Gasteiger partial charge in [-0.15, -0.1) is 0 Å². The van der Waals surface area contributed by atoms with E-state index in [9.17, 15) is 14.4 Å². The fourth-order valence-electron chi connectivity index (χ4n) is 9.24. The molecule has 0 bridgehead atoms. The molecule has 1 aromatic rings.